The number of anilines is 1. The predicted molar refractivity (Wildman–Crippen MR) is 87.0 cm³/mol. The van der Waals surface area contributed by atoms with Gasteiger partial charge in [-0.15, -0.1) is 0 Å². The molecule has 1 saturated heterocycles. The van der Waals surface area contributed by atoms with Gasteiger partial charge in [0.25, 0.3) is 0 Å². The lowest BCUT2D eigenvalue weighted by molar-refractivity contribution is -0.130. The molecule has 5 nitrogen and oxygen atoms in total. The number of aromatic nitrogens is 1. The highest BCUT2D eigenvalue weighted by Gasteiger charge is 2.23. The Balaban J connectivity index is 1.74. The summed E-state index contributed by atoms with van der Waals surface area (Å²) in [5.41, 5.74) is 2.51. The summed E-state index contributed by atoms with van der Waals surface area (Å²) in [5.74, 6) is 1.17. The van der Waals surface area contributed by atoms with Crippen molar-refractivity contribution in [3.63, 3.8) is 0 Å². The van der Waals surface area contributed by atoms with Crippen molar-refractivity contribution in [1.82, 2.24) is 9.88 Å². The third kappa shape index (κ3) is 2.93. The van der Waals surface area contributed by atoms with Crippen molar-refractivity contribution < 1.29 is 9.21 Å². The summed E-state index contributed by atoms with van der Waals surface area (Å²) in [6, 6.07) is 5.56. The Morgan fingerprint density at radius 1 is 1.27 bits per heavy atom. The molecule has 1 aliphatic heterocycles. The quantitative estimate of drug-likeness (QED) is 0.940. The largest absolute Gasteiger partial charge is 0.440 e. The van der Waals surface area contributed by atoms with Gasteiger partial charge in [0, 0.05) is 24.7 Å². The summed E-state index contributed by atoms with van der Waals surface area (Å²) in [4.78, 5) is 18.8. The van der Waals surface area contributed by atoms with Crippen LogP contribution in [0.5, 0.6) is 0 Å². The molecular weight excluding hydrogens is 278 g/mol. The number of nitrogens with one attached hydrogen (secondary N) is 1. The monoisotopic (exact) mass is 301 g/mol. The molecule has 1 atom stereocenters. The third-order valence-electron chi connectivity index (χ3n) is 4.07. The highest BCUT2D eigenvalue weighted by atomic mass is 16.3. The SMILES string of the molecule is CC(C)c1nc2cc(N[C@H](C)C(=O)N3CCCC3)ccc2o1. The van der Waals surface area contributed by atoms with Gasteiger partial charge in [0.2, 0.25) is 5.91 Å². The molecule has 1 fully saturated rings. The maximum atomic E-state index is 12.3. The van der Waals surface area contributed by atoms with Crippen LogP contribution in [0.3, 0.4) is 0 Å². The van der Waals surface area contributed by atoms with E-state index in [9.17, 15) is 4.79 Å². The molecule has 0 aliphatic carbocycles. The van der Waals surface area contributed by atoms with Gasteiger partial charge in [-0.2, -0.15) is 0 Å². The lowest BCUT2D eigenvalue weighted by atomic mass is 10.2. The van der Waals surface area contributed by atoms with E-state index in [2.05, 4.69) is 24.1 Å². The van der Waals surface area contributed by atoms with Crippen molar-refractivity contribution in [3.8, 4) is 0 Å². The van der Waals surface area contributed by atoms with E-state index in [1.165, 1.54) is 0 Å². The molecule has 1 N–H and O–H groups in total. The summed E-state index contributed by atoms with van der Waals surface area (Å²) in [6.45, 7) is 7.78. The number of benzene rings is 1. The predicted octanol–water partition coefficient (Wildman–Crippen LogP) is 3.37. The van der Waals surface area contributed by atoms with Gasteiger partial charge in [-0.05, 0) is 38.0 Å². The van der Waals surface area contributed by atoms with Crippen LogP contribution in [-0.4, -0.2) is 34.9 Å². The Bertz CT molecular complexity index is 672. The Hall–Kier alpha value is -2.04. The number of nitrogens with zero attached hydrogens (tertiary/aromatic N) is 2. The molecule has 3 rings (SSSR count). The maximum Gasteiger partial charge on any atom is 0.244 e. The number of hydrogen-bond acceptors (Lipinski definition) is 4. The second kappa shape index (κ2) is 5.99. The number of likely N-dealkylation sites (tertiary alicyclic amines) is 1. The Labute approximate surface area is 130 Å². The summed E-state index contributed by atoms with van der Waals surface area (Å²) in [7, 11) is 0. The molecule has 1 amide bonds. The smallest absolute Gasteiger partial charge is 0.244 e. The second-order valence-electron chi connectivity index (χ2n) is 6.29. The highest BCUT2D eigenvalue weighted by Crippen LogP contribution is 2.24. The Kier molecular flexibility index (Phi) is 4.05. The van der Waals surface area contributed by atoms with E-state index in [4.69, 9.17) is 4.42 Å². The van der Waals surface area contributed by atoms with Crippen molar-refractivity contribution in [2.24, 2.45) is 0 Å². The minimum Gasteiger partial charge on any atom is -0.440 e. The number of oxazole rings is 1. The minimum absolute atomic E-state index is 0.167. The molecular formula is C17H23N3O2. The lowest BCUT2D eigenvalue weighted by Crippen LogP contribution is -2.39. The molecule has 0 saturated carbocycles. The van der Waals surface area contributed by atoms with Crippen LogP contribution in [0.15, 0.2) is 22.6 Å². The Morgan fingerprint density at radius 2 is 2.00 bits per heavy atom. The molecule has 0 unspecified atom stereocenters. The molecule has 2 aromatic rings. The fourth-order valence-corrected chi connectivity index (χ4v) is 2.81. The molecule has 1 aliphatic rings. The normalized spacial score (nSPS) is 16.5. The highest BCUT2D eigenvalue weighted by molar-refractivity contribution is 5.85. The summed E-state index contributed by atoms with van der Waals surface area (Å²) < 4.78 is 5.70. The van der Waals surface area contributed by atoms with E-state index in [0.717, 1.165) is 48.6 Å². The van der Waals surface area contributed by atoms with Gasteiger partial charge in [-0.1, -0.05) is 13.8 Å². The van der Waals surface area contributed by atoms with E-state index >= 15 is 0 Å². The lowest BCUT2D eigenvalue weighted by Gasteiger charge is -2.21. The number of hydrogen-bond donors (Lipinski definition) is 1. The molecule has 22 heavy (non-hydrogen) atoms. The molecule has 0 spiro atoms. The Morgan fingerprint density at radius 3 is 2.68 bits per heavy atom. The average molecular weight is 301 g/mol. The summed E-state index contributed by atoms with van der Waals surface area (Å²) >= 11 is 0. The van der Waals surface area contributed by atoms with Crippen molar-refractivity contribution in [3.05, 3.63) is 24.1 Å². The van der Waals surface area contributed by atoms with E-state index in [1.54, 1.807) is 0 Å². The zero-order valence-corrected chi connectivity index (χ0v) is 13.4. The first-order valence-electron chi connectivity index (χ1n) is 8.00. The van der Waals surface area contributed by atoms with Crippen LogP contribution in [0.25, 0.3) is 11.1 Å². The van der Waals surface area contributed by atoms with Gasteiger partial charge >= 0.3 is 0 Å². The zero-order valence-electron chi connectivity index (χ0n) is 13.4. The second-order valence-corrected chi connectivity index (χ2v) is 6.29. The van der Waals surface area contributed by atoms with Crippen LogP contribution in [0.4, 0.5) is 5.69 Å². The van der Waals surface area contributed by atoms with Gasteiger partial charge in [0.05, 0.1) is 0 Å². The summed E-state index contributed by atoms with van der Waals surface area (Å²) in [5, 5.41) is 3.28. The van der Waals surface area contributed by atoms with Crippen LogP contribution >= 0.6 is 0 Å². The van der Waals surface area contributed by atoms with E-state index < -0.39 is 0 Å². The van der Waals surface area contributed by atoms with Gasteiger partial charge < -0.3 is 14.6 Å². The first kappa shape index (κ1) is 14.9. The average Bonchev–Trinajstić information content (AvgIpc) is 3.15. The summed E-state index contributed by atoms with van der Waals surface area (Å²) in [6.07, 6.45) is 2.22. The van der Waals surface area contributed by atoms with Gasteiger partial charge in [0.15, 0.2) is 11.5 Å². The van der Waals surface area contributed by atoms with Crippen molar-refractivity contribution in [1.29, 1.82) is 0 Å². The van der Waals surface area contributed by atoms with Crippen LogP contribution in [0.1, 0.15) is 45.4 Å². The topological polar surface area (TPSA) is 58.4 Å². The number of amides is 1. The third-order valence-corrected chi connectivity index (χ3v) is 4.07. The van der Waals surface area contributed by atoms with Crippen LogP contribution in [-0.2, 0) is 4.79 Å². The molecule has 2 heterocycles. The first-order valence-corrected chi connectivity index (χ1v) is 8.00. The van der Waals surface area contributed by atoms with Crippen molar-refractivity contribution in [2.75, 3.05) is 18.4 Å². The molecule has 118 valence electrons. The molecule has 5 heteroatoms. The fraction of sp³-hybridized carbons (Fsp3) is 0.529. The van der Waals surface area contributed by atoms with E-state index in [0.29, 0.717) is 0 Å². The zero-order chi connectivity index (χ0) is 15.7. The van der Waals surface area contributed by atoms with Crippen LogP contribution in [0.2, 0.25) is 0 Å². The number of rotatable bonds is 4. The maximum absolute atomic E-state index is 12.3. The van der Waals surface area contributed by atoms with Crippen molar-refractivity contribution in [2.45, 2.75) is 45.6 Å². The minimum atomic E-state index is -0.230. The standard InChI is InChI=1S/C17H23N3O2/c1-11(2)16-19-14-10-13(6-7-15(14)22-16)18-12(3)17(21)20-8-4-5-9-20/h6-7,10-12,18H,4-5,8-9H2,1-3H3/t12-/m1/s1. The molecule has 0 radical (unpaired) electrons. The van der Waals surface area contributed by atoms with Gasteiger partial charge in [0.1, 0.15) is 11.6 Å². The van der Waals surface area contributed by atoms with E-state index in [1.807, 2.05) is 30.0 Å². The number of carbonyl (C=O) groups excluding carboxylic acids is 1. The van der Waals surface area contributed by atoms with Crippen LogP contribution < -0.4 is 5.32 Å². The molecule has 1 aromatic heterocycles. The number of fused-ring (bicyclic) bond motifs is 1. The van der Waals surface area contributed by atoms with E-state index in [-0.39, 0.29) is 17.9 Å². The fourth-order valence-electron chi connectivity index (χ4n) is 2.81. The molecule has 0 bridgehead atoms. The first-order chi connectivity index (χ1) is 10.5. The molecule has 1 aromatic carbocycles. The van der Waals surface area contributed by atoms with Crippen molar-refractivity contribution >= 4 is 22.7 Å². The van der Waals surface area contributed by atoms with Crippen LogP contribution in [0, 0.1) is 0 Å². The van der Waals surface area contributed by atoms with Gasteiger partial charge in [-0.25, -0.2) is 4.98 Å². The number of carbonyl (C=O) groups is 1. The van der Waals surface area contributed by atoms with Gasteiger partial charge in [-0.3, -0.25) is 4.79 Å².